The minimum Gasteiger partial charge on any atom is -0.447 e. The van der Waals surface area contributed by atoms with E-state index >= 15 is 0 Å². The second kappa shape index (κ2) is 5.59. The molecule has 0 bridgehead atoms. The molecule has 2 aromatic heterocycles. The third-order valence-electron chi connectivity index (χ3n) is 2.86. The van der Waals surface area contributed by atoms with Crippen LogP contribution in [0.15, 0.2) is 36.5 Å². The van der Waals surface area contributed by atoms with Crippen molar-refractivity contribution in [2.45, 2.75) is 6.04 Å². The maximum atomic E-state index is 12.9. The first-order valence-corrected chi connectivity index (χ1v) is 6.24. The van der Waals surface area contributed by atoms with E-state index in [-0.39, 0.29) is 12.6 Å². The minimum absolute atomic E-state index is 0.248. The number of hydrogen-bond donors (Lipinski definition) is 1. The Morgan fingerprint density at radius 1 is 1.33 bits per heavy atom. The fraction of sp³-hybridized carbons (Fsp3) is 0.133. The average Bonchev–Trinajstić information content (AvgIpc) is 2.92. The monoisotopic (exact) mass is 283 g/mol. The van der Waals surface area contributed by atoms with Crippen LogP contribution in [0.25, 0.3) is 0 Å². The van der Waals surface area contributed by atoms with E-state index in [1.54, 1.807) is 24.3 Å². The van der Waals surface area contributed by atoms with Gasteiger partial charge in [0.2, 0.25) is 5.95 Å². The molecule has 1 saturated heterocycles. The summed E-state index contributed by atoms with van der Waals surface area (Å²) in [6.45, 7) is 0.248. The lowest BCUT2D eigenvalue weighted by atomic mass is 10.2. The van der Waals surface area contributed by atoms with Crippen LogP contribution in [0.3, 0.4) is 0 Å². The van der Waals surface area contributed by atoms with E-state index in [1.807, 2.05) is 0 Å². The van der Waals surface area contributed by atoms with Gasteiger partial charge in [-0.25, -0.2) is 14.8 Å². The highest BCUT2D eigenvalue weighted by Gasteiger charge is 2.24. The van der Waals surface area contributed by atoms with Gasteiger partial charge in [-0.2, -0.15) is 4.39 Å². The summed E-state index contributed by atoms with van der Waals surface area (Å²) < 4.78 is 17.8. The first-order valence-electron chi connectivity index (χ1n) is 6.24. The smallest absolute Gasteiger partial charge is 0.407 e. The summed E-state index contributed by atoms with van der Waals surface area (Å²) in [6, 6.07) is 7.93. The molecule has 2 aromatic rings. The van der Waals surface area contributed by atoms with Crippen molar-refractivity contribution in [2.24, 2.45) is 0 Å². The number of rotatable bonds is 1. The SMILES string of the molecule is O=C1N[C@H](c2cccc(C#Cc3ccnc(F)c3)n2)CO1. The van der Waals surface area contributed by atoms with Crippen LogP contribution in [0.1, 0.15) is 23.0 Å². The molecule has 104 valence electrons. The van der Waals surface area contributed by atoms with Crippen molar-refractivity contribution in [3.8, 4) is 11.8 Å². The first-order chi connectivity index (χ1) is 10.2. The van der Waals surface area contributed by atoms with E-state index in [4.69, 9.17) is 4.74 Å². The normalized spacial score (nSPS) is 16.6. The number of alkyl carbamates (subject to hydrolysis) is 1. The lowest BCUT2D eigenvalue weighted by Gasteiger charge is -2.06. The van der Waals surface area contributed by atoms with Crippen LogP contribution >= 0.6 is 0 Å². The highest BCUT2D eigenvalue weighted by atomic mass is 19.1. The molecule has 1 aliphatic rings. The number of amides is 1. The van der Waals surface area contributed by atoms with E-state index in [0.717, 1.165) is 0 Å². The molecule has 1 N–H and O–H groups in total. The van der Waals surface area contributed by atoms with Crippen LogP contribution in [0.5, 0.6) is 0 Å². The molecule has 5 nitrogen and oxygen atoms in total. The van der Waals surface area contributed by atoms with Gasteiger partial charge in [0.05, 0.1) is 5.69 Å². The second-order valence-corrected chi connectivity index (χ2v) is 4.36. The summed E-state index contributed by atoms with van der Waals surface area (Å²) in [4.78, 5) is 18.8. The Labute approximate surface area is 120 Å². The highest BCUT2D eigenvalue weighted by molar-refractivity contribution is 5.69. The third kappa shape index (κ3) is 3.15. The van der Waals surface area contributed by atoms with Crippen LogP contribution in [0, 0.1) is 17.8 Å². The fourth-order valence-electron chi connectivity index (χ4n) is 1.88. The van der Waals surface area contributed by atoms with Crippen molar-refractivity contribution in [1.82, 2.24) is 15.3 Å². The Balaban J connectivity index is 1.82. The molecule has 0 spiro atoms. The lowest BCUT2D eigenvalue weighted by Crippen LogP contribution is -2.19. The van der Waals surface area contributed by atoms with Gasteiger partial charge >= 0.3 is 6.09 Å². The standard InChI is InChI=1S/C15H10FN3O2/c16-14-8-10(6-7-17-14)4-5-11-2-1-3-12(18-11)13-9-21-15(20)19-13/h1-3,6-8,13H,9H2,(H,19,20)/t13-/m0/s1. The Morgan fingerprint density at radius 3 is 3.00 bits per heavy atom. The number of cyclic esters (lactones) is 1. The summed E-state index contributed by atoms with van der Waals surface area (Å²) >= 11 is 0. The van der Waals surface area contributed by atoms with E-state index in [0.29, 0.717) is 17.0 Å². The number of nitrogens with zero attached hydrogens (tertiary/aromatic N) is 2. The zero-order valence-electron chi connectivity index (χ0n) is 10.8. The molecule has 0 unspecified atom stereocenters. The lowest BCUT2D eigenvalue weighted by molar-refractivity contribution is 0.177. The molecule has 0 aromatic carbocycles. The maximum absolute atomic E-state index is 12.9. The van der Waals surface area contributed by atoms with Gasteiger partial charge in [0, 0.05) is 17.8 Å². The molecule has 6 heteroatoms. The van der Waals surface area contributed by atoms with Crippen molar-refractivity contribution >= 4 is 6.09 Å². The predicted molar refractivity (Wildman–Crippen MR) is 71.6 cm³/mol. The average molecular weight is 283 g/mol. The van der Waals surface area contributed by atoms with Gasteiger partial charge in [-0.3, -0.25) is 0 Å². The van der Waals surface area contributed by atoms with Crippen molar-refractivity contribution in [3.63, 3.8) is 0 Å². The summed E-state index contributed by atoms with van der Waals surface area (Å²) in [6.07, 6.45) is 0.903. The predicted octanol–water partition coefficient (Wildman–Crippen LogP) is 1.80. The van der Waals surface area contributed by atoms with Crippen LogP contribution in [0.4, 0.5) is 9.18 Å². The fourth-order valence-corrected chi connectivity index (χ4v) is 1.88. The van der Waals surface area contributed by atoms with E-state index in [1.165, 1.54) is 12.3 Å². The van der Waals surface area contributed by atoms with E-state index in [2.05, 4.69) is 27.1 Å². The molecule has 1 atom stereocenters. The summed E-state index contributed by atoms with van der Waals surface area (Å²) in [5, 5.41) is 2.65. The number of nitrogens with one attached hydrogen (secondary N) is 1. The van der Waals surface area contributed by atoms with Crippen molar-refractivity contribution in [2.75, 3.05) is 6.61 Å². The Kier molecular flexibility index (Phi) is 3.48. The Bertz CT molecular complexity index is 752. The topological polar surface area (TPSA) is 64.1 Å². The summed E-state index contributed by atoms with van der Waals surface area (Å²) in [5.74, 6) is 5.10. The molecule has 0 aliphatic carbocycles. The molecular formula is C15H10FN3O2. The molecule has 0 saturated carbocycles. The van der Waals surface area contributed by atoms with Gasteiger partial charge in [0.25, 0.3) is 0 Å². The Morgan fingerprint density at radius 2 is 2.24 bits per heavy atom. The maximum Gasteiger partial charge on any atom is 0.407 e. The van der Waals surface area contributed by atoms with E-state index < -0.39 is 12.0 Å². The number of aromatic nitrogens is 2. The molecule has 1 aliphatic heterocycles. The first kappa shape index (κ1) is 13.1. The van der Waals surface area contributed by atoms with Crippen molar-refractivity contribution in [1.29, 1.82) is 0 Å². The van der Waals surface area contributed by atoms with Crippen molar-refractivity contribution < 1.29 is 13.9 Å². The van der Waals surface area contributed by atoms with Crippen molar-refractivity contribution in [3.05, 3.63) is 59.4 Å². The van der Waals surface area contributed by atoms with Gasteiger partial charge < -0.3 is 10.1 Å². The van der Waals surface area contributed by atoms with Gasteiger partial charge in [0.1, 0.15) is 18.3 Å². The molecule has 1 fully saturated rings. The highest BCUT2D eigenvalue weighted by Crippen LogP contribution is 2.15. The van der Waals surface area contributed by atoms with Crippen LogP contribution in [-0.4, -0.2) is 22.7 Å². The third-order valence-corrected chi connectivity index (χ3v) is 2.86. The zero-order chi connectivity index (χ0) is 14.7. The molecule has 0 radical (unpaired) electrons. The molecule has 3 rings (SSSR count). The van der Waals surface area contributed by atoms with Gasteiger partial charge in [-0.15, -0.1) is 0 Å². The quantitative estimate of drug-likeness (QED) is 0.640. The van der Waals surface area contributed by atoms with E-state index in [9.17, 15) is 9.18 Å². The minimum atomic E-state index is -0.575. The zero-order valence-corrected chi connectivity index (χ0v) is 10.8. The number of carbonyl (C=O) groups excluding carboxylic acids is 1. The summed E-state index contributed by atoms with van der Waals surface area (Å²) in [5.41, 5.74) is 1.73. The molecule has 21 heavy (non-hydrogen) atoms. The number of halogens is 1. The van der Waals surface area contributed by atoms with Crippen LogP contribution in [-0.2, 0) is 4.74 Å². The van der Waals surface area contributed by atoms with Crippen LogP contribution < -0.4 is 5.32 Å². The summed E-state index contributed by atoms with van der Waals surface area (Å²) in [7, 11) is 0. The molecule has 3 heterocycles. The van der Waals surface area contributed by atoms with Gasteiger partial charge in [0.15, 0.2) is 0 Å². The second-order valence-electron chi connectivity index (χ2n) is 4.36. The largest absolute Gasteiger partial charge is 0.447 e. The number of pyridine rings is 2. The molecule has 1 amide bonds. The molecular weight excluding hydrogens is 273 g/mol. The number of hydrogen-bond acceptors (Lipinski definition) is 4. The Hall–Kier alpha value is -2.94. The van der Waals surface area contributed by atoms with Crippen LogP contribution in [0.2, 0.25) is 0 Å². The van der Waals surface area contributed by atoms with Gasteiger partial charge in [-0.1, -0.05) is 12.0 Å². The number of ether oxygens (including phenoxy) is 1. The number of carbonyl (C=O) groups is 1. The van der Waals surface area contributed by atoms with Gasteiger partial charge in [-0.05, 0) is 24.1 Å².